The number of piperidine rings is 1. The van der Waals surface area contributed by atoms with Crippen LogP contribution in [0.3, 0.4) is 0 Å². The molecule has 8 nitrogen and oxygen atoms in total. The van der Waals surface area contributed by atoms with Crippen LogP contribution in [0.5, 0.6) is 5.88 Å². The van der Waals surface area contributed by atoms with Crippen LogP contribution in [0.1, 0.15) is 18.4 Å². The van der Waals surface area contributed by atoms with E-state index in [0.29, 0.717) is 42.1 Å². The molecular formula is C16H25F3IN5O3S. The van der Waals surface area contributed by atoms with Crippen LogP contribution in [-0.2, 0) is 16.6 Å². The summed E-state index contributed by atoms with van der Waals surface area (Å²) in [5.74, 6) is 1.10. The summed E-state index contributed by atoms with van der Waals surface area (Å²) in [7, 11) is -2.10. The Hall–Kier alpha value is -1.35. The van der Waals surface area contributed by atoms with Gasteiger partial charge in [-0.3, -0.25) is 4.99 Å². The largest absolute Gasteiger partial charge is 0.511 e. The molecule has 1 aliphatic heterocycles. The molecule has 1 aliphatic rings. The lowest BCUT2D eigenvalue weighted by atomic mass is 9.98. The highest BCUT2D eigenvalue weighted by Crippen LogP contribution is 2.30. The Morgan fingerprint density at radius 3 is 2.55 bits per heavy atom. The summed E-state index contributed by atoms with van der Waals surface area (Å²) in [5.41, 5.74) is -4.31. The molecule has 0 aliphatic carbocycles. The average Bonchev–Trinajstić information content (AvgIpc) is 2.67. The van der Waals surface area contributed by atoms with Gasteiger partial charge in [0.2, 0.25) is 5.88 Å². The highest BCUT2D eigenvalue weighted by molar-refractivity contribution is 14.0. The third-order valence-corrected chi connectivity index (χ3v) is 6.09. The number of sulfonamides is 1. The number of aromatic nitrogens is 1. The van der Waals surface area contributed by atoms with Crippen molar-refractivity contribution in [1.82, 2.24) is 19.9 Å². The fraction of sp³-hybridized carbons (Fsp3) is 0.625. The van der Waals surface area contributed by atoms with Gasteiger partial charge in [0.05, 0.1) is 7.11 Å². The molecule has 1 fully saturated rings. The Morgan fingerprint density at radius 1 is 1.34 bits per heavy atom. The van der Waals surface area contributed by atoms with Crippen molar-refractivity contribution in [3.8, 4) is 5.88 Å². The van der Waals surface area contributed by atoms with Crippen LogP contribution in [0.15, 0.2) is 23.3 Å². The van der Waals surface area contributed by atoms with E-state index in [4.69, 9.17) is 4.74 Å². The number of halogens is 4. The predicted molar refractivity (Wildman–Crippen MR) is 114 cm³/mol. The van der Waals surface area contributed by atoms with Gasteiger partial charge in [-0.05, 0) is 30.4 Å². The number of guanidine groups is 1. The van der Waals surface area contributed by atoms with Crippen LogP contribution in [0, 0.1) is 5.92 Å². The number of nitrogens with zero attached hydrogens (tertiary/aromatic N) is 3. The number of hydrogen-bond acceptors (Lipinski definition) is 5. The number of rotatable bonds is 6. The summed E-state index contributed by atoms with van der Waals surface area (Å²) < 4.78 is 66.3. The summed E-state index contributed by atoms with van der Waals surface area (Å²) in [6.45, 7) is 0.689. The van der Waals surface area contributed by atoms with Crippen molar-refractivity contribution >= 4 is 40.0 Å². The zero-order valence-corrected chi connectivity index (χ0v) is 19.2. The van der Waals surface area contributed by atoms with Crippen molar-refractivity contribution in [2.75, 3.05) is 33.8 Å². The van der Waals surface area contributed by atoms with Crippen LogP contribution in [0.2, 0.25) is 0 Å². The fourth-order valence-corrected chi connectivity index (χ4v) is 3.80. The number of nitrogens with one attached hydrogen (secondary N) is 2. The molecule has 1 aromatic rings. The minimum Gasteiger partial charge on any atom is -0.481 e. The van der Waals surface area contributed by atoms with Gasteiger partial charge in [-0.25, -0.2) is 13.4 Å². The van der Waals surface area contributed by atoms with Crippen LogP contribution in [0.4, 0.5) is 13.2 Å². The highest BCUT2D eigenvalue weighted by atomic mass is 127. The molecule has 2 rings (SSSR count). The summed E-state index contributed by atoms with van der Waals surface area (Å²) in [5, 5.41) is 6.25. The Labute approximate surface area is 185 Å². The van der Waals surface area contributed by atoms with Crippen molar-refractivity contribution in [2.24, 2.45) is 10.9 Å². The molecule has 166 valence electrons. The van der Waals surface area contributed by atoms with Crippen molar-refractivity contribution in [2.45, 2.75) is 24.9 Å². The van der Waals surface area contributed by atoms with E-state index in [0.717, 1.165) is 5.56 Å². The van der Waals surface area contributed by atoms with Crippen LogP contribution >= 0.6 is 24.0 Å². The van der Waals surface area contributed by atoms with Gasteiger partial charge in [-0.15, -0.1) is 24.0 Å². The average molecular weight is 551 g/mol. The monoisotopic (exact) mass is 551 g/mol. The van der Waals surface area contributed by atoms with Gasteiger partial charge in [0, 0.05) is 45.5 Å². The van der Waals surface area contributed by atoms with E-state index in [1.807, 2.05) is 6.07 Å². The maximum absolute atomic E-state index is 12.6. The molecule has 0 radical (unpaired) electrons. The molecule has 1 aromatic heterocycles. The zero-order chi connectivity index (χ0) is 20.8. The number of pyridine rings is 1. The second-order valence-corrected chi connectivity index (χ2v) is 8.24. The molecule has 0 atom stereocenters. The molecule has 0 aromatic carbocycles. The standard InChI is InChI=1S/C16H24F3N5O3S.HI/c1-20-15(23-11-13-3-6-21-14(9-13)27-2)22-10-12-4-7-24(8-5-12)28(25,26)16(17,18)19;/h3,6,9,12H,4-5,7-8,10-11H2,1-2H3,(H2,20,22,23);1H. The van der Waals surface area contributed by atoms with Gasteiger partial charge in [0.25, 0.3) is 0 Å². The summed E-state index contributed by atoms with van der Waals surface area (Å²) >= 11 is 0. The van der Waals surface area contributed by atoms with Gasteiger partial charge < -0.3 is 15.4 Å². The summed E-state index contributed by atoms with van der Waals surface area (Å²) in [6.07, 6.45) is 2.33. The van der Waals surface area contributed by atoms with Crippen LogP contribution < -0.4 is 15.4 Å². The molecule has 13 heteroatoms. The molecule has 0 spiro atoms. The number of methoxy groups -OCH3 is 1. The molecule has 0 unspecified atom stereocenters. The number of aliphatic imine (C=N–C) groups is 1. The number of hydrogen-bond donors (Lipinski definition) is 2. The molecule has 0 amide bonds. The summed E-state index contributed by atoms with van der Waals surface area (Å²) in [6, 6.07) is 3.62. The molecule has 1 saturated heterocycles. The maximum atomic E-state index is 12.6. The number of alkyl halides is 3. The van der Waals surface area contributed by atoms with Crippen LogP contribution in [0.25, 0.3) is 0 Å². The Morgan fingerprint density at radius 2 is 2.00 bits per heavy atom. The topological polar surface area (TPSA) is 95.9 Å². The van der Waals surface area contributed by atoms with E-state index in [2.05, 4.69) is 20.6 Å². The van der Waals surface area contributed by atoms with Crippen molar-refractivity contribution < 1.29 is 26.3 Å². The van der Waals surface area contributed by atoms with Gasteiger partial charge >= 0.3 is 15.5 Å². The van der Waals surface area contributed by atoms with Gasteiger partial charge in [-0.2, -0.15) is 17.5 Å². The SMILES string of the molecule is CN=C(NCc1ccnc(OC)c1)NCC1CCN(S(=O)(=O)C(F)(F)F)CC1.I. The number of ether oxygens (including phenoxy) is 1. The maximum Gasteiger partial charge on any atom is 0.511 e. The van der Waals surface area contributed by atoms with Crippen molar-refractivity contribution in [3.05, 3.63) is 23.9 Å². The molecule has 29 heavy (non-hydrogen) atoms. The van der Waals surface area contributed by atoms with E-state index in [9.17, 15) is 21.6 Å². The molecular weight excluding hydrogens is 526 g/mol. The molecule has 0 bridgehead atoms. The minimum absolute atomic E-state index is 0. The summed E-state index contributed by atoms with van der Waals surface area (Å²) in [4.78, 5) is 8.14. The normalized spacial score (nSPS) is 16.8. The first-order valence-corrected chi connectivity index (χ1v) is 10.1. The first-order valence-electron chi connectivity index (χ1n) is 8.67. The predicted octanol–water partition coefficient (Wildman–Crippen LogP) is 1.93. The Bertz CT molecular complexity index is 784. The smallest absolute Gasteiger partial charge is 0.481 e. The van der Waals surface area contributed by atoms with E-state index in [-0.39, 0.29) is 43.0 Å². The molecule has 0 saturated carbocycles. The van der Waals surface area contributed by atoms with Crippen LogP contribution in [-0.4, -0.2) is 63.0 Å². The molecule has 2 heterocycles. The quantitative estimate of drug-likeness (QED) is 0.319. The fourth-order valence-electron chi connectivity index (χ4n) is 2.82. The van der Waals surface area contributed by atoms with Gasteiger partial charge in [0.15, 0.2) is 5.96 Å². The Kier molecular flexibility index (Phi) is 9.88. The first kappa shape index (κ1) is 25.7. The van der Waals surface area contributed by atoms with E-state index >= 15 is 0 Å². The van der Waals surface area contributed by atoms with E-state index < -0.39 is 15.5 Å². The van der Waals surface area contributed by atoms with E-state index in [1.54, 1.807) is 19.3 Å². The lowest BCUT2D eigenvalue weighted by Crippen LogP contribution is -2.47. The van der Waals surface area contributed by atoms with Crippen molar-refractivity contribution in [1.29, 1.82) is 0 Å². The minimum atomic E-state index is -5.25. The highest BCUT2D eigenvalue weighted by Gasteiger charge is 2.50. The lowest BCUT2D eigenvalue weighted by molar-refractivity contribution is -0.0496. The second kappa shape index (κ2) is 11.2. The van der Waals surface area contributed by atoms with Gasteiger partial charge in [0.1, 0.15) is 0 Å². The molecule has 2 N–H and O–H groups in total. The zero-order valence-electron chi connectivity index (χ0n) is 16.1. The Balaban J connectivity index is 0.00000420. The first-order chi connectivity index (χ1) is 13.2. The third-order valence-electron chi connectivity index (χ3n) is 4.46. The third kappa shape index (κ3) is 7.13. The van der Waals surface area contributed by atoms with Crippen molar-refractivity contribution in [3.63, 3.8) is 0 Å². The van der Waals surface area contributed by atoms with Gasteiger partial charge in [-0.1, -0.05) is 0 Å². The second-order valence-electron chi connectivity index (χ2n) is 6.31. The lowest BCUT2D eigenvalue weighted by Gasteiger charge is -2.31. The van der Waals surface area contributed by atoms with E-state index in [1.165, 1.54) is 7.11 Å².